The maximum atomic E-state index is 12.3. The minimum absolute atomic E-state index is 0.0277. The van der Waals surface area contributed by atoms with Crippen molar-refractivity contribution in [3.63, 3.8) is 0 Å². The van der Waals surface area contributed by atoms with E-state index < -0.39 is 17.7 Å². The van der Waals surface area contributed by atoms with Crippen LogP contribution in [0.3, 0.4) is 0 Å². The normalized spacial score (nSPS) is 44.0. The fraction of sp³-hybridized carbons (Fsp3) is 0.720. The van der Waals surface area contributed by atoms with Crippen molar-refractivity contribution < 1.29 is 29.0 Å². The number of rotatable bonds is 3. The Bertz CT molecular complexity index is 898. The first-order chi connectivity index (χ1) is 14.6. The second-order valence-electron chi connectivity index (χ2n) is 11.0. The van der Waals surface area contributed by atoms with E-state index in [0.717, 1.165) is 24.8 Å². The number of allylic oxidation sites excluding steroid dienone is 4. The number of methoxy groups -OCH3 is 1. The van der Waals surface area contributed by atoms with Crippen molar-refractivity contribution in [2.24, 2.45) is 39.9 Å². The number of esters is 1. The van der Waals surface area contributed by atoms with Gasteiger partial charge in [0.25, 0.3) is 0 Å². The Morgan fingerprint density at radius 3 is 2.61 bits per heavy atom. The molecule has 0 unspecified atom stereocenters. The summed E-state index contributed by atoms with van der Waals surface area (Å²) in [6.45, 7) is 4.46. The van der Waals surface area contributed by atoms with E-state index >= 15 is 0 Å². The first kappa shape index (κ1) is 20.8. The van der Waals surface area contributed by atoms with Gasteiger partial charge in [-0.05, 0) is 79.3 Å². The molecule has 0 saturated heterocycles. The molecule has 0 aromatic rings. The van der Waals surface area contributed by atoms with Crippen LogP contribution in [-0.2, 0) is 19.1 Å². The maximum Gasteiger partial charge on any atom is 0.506 e. The number of hydrogen-bond acceptors (Lipinski definition) is 5. The first-order valence-electron chi connectivity index (χ1n) is 11.6. The number of ether oxygens (including phenoxy) is 2. The quantitative estimate of drug-likeness (QED) is 0.664. The van der Waals surface area contributed by atoms with Crippen LogP contribution in [0.25, 0.3) is 0 Å². The number of ketones is 1. The zero-order valence-electron chi connectivity index (χ0n) is 18.6. The van der Waals surface area contributed by atoms with Crippen LogP contribution in [0.15, 0.2) is 23.8 Å². The summed E-state index contributed by atoms with van der Waals surface area (Å²) in [7, 11) is 1.40. The molecule has 0 amide bonds. The minimum atomic E-state index is -1.23. The average Bonchev–Trinajstić information content (AvgIpc) is 3.43. The van der Waals surface area contributed by atoms with Gasteiger partial charge in [-0.2, -0.15) is 0 Å². The SMILES string of the molecule is COC(=O)C[C@@H]1C[C@@H]2[C@H]([C@@H](OC(=O)O)C[C@@]3(C)[C@H]2CCC32CC2)[C@@]2(C)C=CC(=O)C=C12. The molecule has 5 rings (SSSR count). The van der Waals surface area contributed by atoms with E-state index in [0.29, 0.717) is 11.3 Å². The van der Waals surface area contributed by atoms with Crippen molar-refractivity contribution in [1.29, 1.82) is 0 Å². The Balaban J connectivity index is 1.61. The Kier molecular flexibility index (Phi) is 4.49. The maximum absolute atomic E-state index is 12.3. The van der Waals surface area contributed by atoms with Crippen LogP contribution in [0.4, 0.5) is 4.79 Å². The summed E-state index contributed by atoms with van der Waals surface area (Å²) in [5.74, 6) is 0.290. The molecule has 168 valence electrons. The van der Waals surface area contributed by atoms with E-state index in [-0.39, 0.29) is 41.3 Å². The summed E-state index contributed by atoms with van der Waals surface area (Å²) in [5, 5.41) is 9.58. The third kappa shape index (κ3) is 2.86. The summed E-state index contributed by atoms with van der Waals surface area (Å²) in [5.41, 5.74) is 0.829. The molecule has 0 aromatic carbocycles. The molecule has 1 spiro atoms. The molecule has 6 heteroatoms. The number of hydrogen-bond donors (Lipinski definition) is 1. The molecule has 0 radical (unpaired) electrons. The molecule has 31 heavy (non-hydrogen) atoms. The van der Waals surface area contributed by atoms with Gasteiger partial charge in [0.15, 0.2) is 5.78 Å². The lowest BCUT2D eigenvalue weighted by atomic mass is 9.44. The molecule has 1 N–H and O–H groups in total. The molecular formula is C25H32O6. The van der Waals surface area contributed by atoms with Crippen LogP contribution < -0.4 is 0 Å². The standard InChI is InChI=1S/C25H32O6/c1-23-6-4-15(26)12-18(23)14(11-20(27)30-3)10-16-17-5-7-25(8-9-25)24(17,2)13-19(21(16)23)31-22(28)29/h4,6,12,14,16-17,19,21H,5,7-11,13H2,1-3H3,(H,28,29)/t14-,16-,17-,19-,21+,23-,24-/m0/s1. The summed E-state index contributed by atoms with van der Waals surface area (Å²) in [6.07, 6.45) is 10.2. The van der Waals surface area contributed by atoms with Gasteiger partial charge < -0.3 is 14.6 Å². The van der Waals surface area contributed by atoms with E-state index in [2.05, 4.69) is 13.8 Å². The highest BCUT2D eigenvalue weighted by molar-refractivity contribution is 6.01. The first-order valence-corrected chi connectivity index (χ1v) is 11.6. The largest absolute Gasteiger partial charge is 0.506 e. The van der Waals surface area contributed by atoms with Crippen LogP contribution >= 0.6 is 0 Å². The van der Waals surface area contributed by atoms with Crippen molar-refractivity contribution in [2.75, 3.05) is 7.11 Å². The third-order valence-corrected chi connectivity index (χ3v) is 9.92. The van der Waals surface area contributed by atoms with Crippen molar-refractivity contribution in [3.8, 4) is 0 Å². The van der Waals surface area contributed by atoms with Crippen LogP contribution in [0.1, 0.15) is 58.8 Å². The highest BCUT2D eigenvalue weighted by atomic mass is 16.7. The van der Waals surface area contributed by atoms with Gasteiger partial charge in [-0.1, -0.05) is 25.5 Å². The van der Waals surface area contributed by atoms with Gasteiger partial charge in [0.1, 0.15) is 6.10 Å². The van der Waals surface area contributed by atoms with E-state index in [1.807, 2.05) is 6.08 Å². The molecule has 6 nitrogen and oxygen atoms in total. The second kappa shape index (κ2) is 6.69. The number of carbonyl (C=O) groups excluding carboxylic acids is 2. The number of fused-ring (bicyclic) bond motifs is 6. The van der Waals surface area contributed by atoms with Crippen LogP contribution in [0.2, 0.25) is 0 Å². The Morgan fingerprint density at radius 1 is 1.23 bits per heavy atom. The van der Waals surface area contributed by atoms with Crippen molar-refractivity contribution >= 4 is 17.9 Å². The van der Waals surface area contributed by atoms with E-state index in [1.54, 1.807) is 12.2 Å². The summed E-state index contributed by atoms with van der Waals surface area (Å²) in [6, 6.07) is 0. The van der Waals surface area contributed by atoms with Gasteiger partial charge in [0.2, 0.25) is 0 Å². The van der Waals surface area contributed by atoms with Crippen molar-refractivity contribution in [2.45, 2.75) is 64.9 Å². The van der Waals surface area contributed by atoms with E-state index in [1.165, 1.54) is 26.4 Å². The van der Waals surface area contributed by atoms with Crippen LogP contribution in [0, 0.1) is 39.9 Å². The molecule has 4 saturated carbocycles. The zero-order valence-corrected chi connectivity index (χ0v) is 18.6. The van der Waals surface area contributed by atoms with Gasteiger partial charge >= 0.3 is 12.1 Å². The van der Waals surface area contributed by atoms with Gasteiger partial charge in [-0.15, -0.1) is 0 Å². The highest BCUT2D eigenvalue weighted by Gasteiger charge is 2.70. The summed E-state index contributed by atoms with van der Waals surface area (Å²) >= 11 is 0. The molecule has 5 aliphatic rings. The van der Waals surface area contributed by atoms with Crippen LogP contribution in [0.5, 0.6) is 0 Å². The Labute approximate surface area is 183 Å². The predicted octanol–water partition coefficient (Wildman–Crippen LogP) is 4.54. The molecule has 0 aromatic heterocycles. The van der Waals surface area contributed by atoms with E-state index in [9.17, 15) is 19.5 Å². The van der Waals surface area contributed by atoms with Gasteiger partial charge in [0, 0.05) is 11.3 Å². The summed E-state index contributed by atoms with van der Waals surface area (Å²) in [4.78, 5) is 36.3. The minimum Gasteiger partial charge on any atom is -0.469 e. The molecule has 5 aliphatic carbocycles. The zero-order chi connectivity index (χ0) is 22.2. The average molecular weight is 429 g/mol. The fourth-order valence-electron chi connectivity index (χ4n) is 8.42. The van der Waals surface area contributed by atoms with Crippen molar-refractivity contribution in [1.82, 2.24) is 0 Å². The molecule has 7 atom stereocenters. The molecule has 0 aliphatic heterocycles. The molecular weight excluding hydrogens is 396 g/mol. The lowest BCUT2D eigenvalue weighted by Gasteiger charge is -2.60. The highest BCUT2D eigenvalue weighted by Crippen LogP contribution is 2.77. The molecule has 0 bridgehead atoms. The Morgan fingerprint density at radius 2 is 1.97 bits per heavy atom. The topological polar surface area (TPSA) is 89.9 Å². The number of carboxylic acid groups (broad SMARTS) is 1. The van der Waals surface area contributed by atoms with Gasteiger partial charge in [-0.25, -0.2) is 4.79 Å². The van der Waals surface area contributed by atoms with Crippen LogP contribution in [-0.4, -0.2) is 36.2 Å². The van der Waals surface area contributed by atoms with Gasteiger partial charge in [-0.3, -0.25) is 9.59 Å². The number of carbonyl (C=O) groups is 3. The molecule has 4 fully saturated rings. The van der Waals surface area contributed by atoms with Gasteiger partial charge in [0.05, 0.1) is 13.5 Å². The van der Waals surface area contributed by atoms with Crippen molar-refractivity contribution in [3.05, 3.63) is 23.8 Å². The second-order valence-corrected chi connectivity index (χ2v) is 11.0. The predicted molar refractivity (Wildman–Crippen MR) is 112 cm³/mol. The smallest absolute Gasteiger partial charge is 0.469 e. The Hall–Kier alpha value is -2.11. The lowest BCUT2D eigenvalue weighted by Crippen LogP contribution is -2.58. The van der Waals surface area contributed by atoms with E-state index in [4.69, 9.17) is 9.47 Å². The lowest BCUT2D eigenvalue weighted by molar-refractivity contribution is -0.146. The third-order valence-electron chi connectivity index (χ3n) is 9.92. The summed E-state index contributed by atoms with van der Waals surface area (Å²) < 4.78 is 10.6. The fourth-order valence-corrected chi connectivity index (χ4v) is 8.42. The molecule has 0 heterocycles. The monoisotopic (exact) mass is 428 g/mol.